The van der Waals surface area contributed by atoms with Gasteiger partial charge in [-0.2, -0.15) is 4.98 Å². The highest BCUT2D eigenvalue weighted by molar-refractivity contribution is 5.88. The summed E-state index contributed by atoms with van der Waals surface area (Å²) in [4.78, 5) is 34.1. The summed E-state index contributed by atoms with van der Waals surface area (Å²) in [6.45, 7) is 4.32. The van der Waals surface area contributed by atoms with Crippen LogP contribution in [0.4, 0.5) is 0 Å². The summed E-state index contributed by atoms with van der Waals surface area (Å²) in [5, 5.41) is 4.07. The van der Waals surface area contributed by atoms with Crippen LogP contribution in [-0.2, 0) is 16.1 Å². The molecule has 0 fully saturated rings. The molecule has 0 bridgehead atoms. The number of aryl methyl sites for hydroxylation is 1. The molecule has 2 aromatic heterocycles. The van der Waals surface area contributed by atoms with E-state index in [0.29, 0.717) is 18.9 Å². The Kier molecular flexibility index (Phi) is 5.21. The van der Waals surface area contributed by atoms with E-state index in [0.717, 1.165) is 11.3 Å². The fraction of sp³-hybridized carbons (Fsp3) is 0.278. The number of hydrogen-bond acceptors (Lipinski definition) is 6. The Morgan fingerprint density at radius 1 is 1.19 bits per heavy atom. The minimum absolute atomic E-state index is 0.120. The summed E-state index contributed by atoms with van der Waals surface area (Å²) >= 11 is 0. The fourth-order valence-corrected chi connectivity index (χ4v) is 2.46. The summed E-state index contributed by atoms with van der Waals surface area (Å²) in [7, 11) is 0. The van der Waals surface area contributed by atoms with E-state index >= 15 is 0 Å². The van der Waals surface area contributed by atoms with E-state index in [-0.39, 0.29) is 18.3 Å². The predicted molar refractivity (Wildman–Crippen MR) is 93.3 cm³/mol. The van der Waals surface area contributed by atoms with Crippen molar-refractivity contribution in [3.8, 4) is 0 Å². The van der Waals surface area contributed by atoms with Gasteiger partial charge in [-0.15, -0.1) is 5.10 Å². The molecule has 0 saturated carbocycles. The Morgan fingerprint density at radius 3 is 2.65 bits per heavy atom. The first-order chi connectivity index (χ1) is 12.6. The maximum atomic E-state index is 12.3. The van der Waals surface area contributed by atoms with Gasteiger partial charge in [0.1, 0.15) is 0 Å². The Bertz CT molecular complexity index is 923. The SMILES string of the molecule is CCN(Cc1ccccc1)C(=O)COC(=O)c1nc2nccc(C)n2n1. The van der Waals surface area contributed by atoms with Crippen LogP contribution >= 0.6 is 0 Å². The third-order valence-corrected chi connectivity index (χ3v) is 3.89. The molecule has 0 aliphatic heterocycles. The first-order valence-corrected chi connectivity index (χ1v) is 8.25. The Morgan fingerprint density at radius 2 is 1.96 bits per heavy atom. The lowest BCUT2D eigenvalue weighted by atomic mass is 10.2. The average molecular weight is 353 g/mol. The van der Waals surface area contributed by atoms with Crippen LogP contribution < -0.4 is 0 Å². The smallest absolute Gasteiger partial charge is 0.378 e. The summed E-state index contributed by atoms with van der Waals surface area (Å²) in [5.74, 6) is -0.838. The molecule has 2 heterocycles. The minimum Gasteiger partial charge on any atom is -0.450 e. The molecular weight excluding hydrogens is 334 g/mol. The molecule has 8 heteroatoms. The molecule has 8 nitrogen and oxygen atoms in total. The van der Waals surface area contributed by atoms with Gasteiger partial charge in [0.25, 0.3) is 17.5 Å². The molecule has 0 saturated heterocycles. The third-order valence-electron chi connectivity index (χ3n) is 3.89. The fourth-order valence-electron chi connectivity index (χ4n) is 2.46. The number of aromatic nitrogens is 4. The summed E-state index contributed by atoms with van der Waals surface area (Å²) < 4.78 is 6.53. The van der Waals surface area contributed by atoms with Gasteiger partial charge in [0, 0.05) is 25.0 Å². The molecule has 134 valence electrons. The van der Waals surface area contributed by atoms with Crippen LogP contribution in [0.3, 0.4) is 0 Å². The number of hydrogen-bond donors (Lipinski definition) is 0. The molecule has 3 rings (SSSR count). The van der Waals surface area contributed by atoms with Gasteiger partial charge >= 0.3 is 5.97 Å². The lowest BCUT2D eigenvalue weighted by Gasteiger charge is -2.20. The van der Waals surface area contributed by atoms with Crippen molar-refractivity contribution in [3.05, 3.63) is 59.7 Å². The van der Waals surface area contributed by atoms with Crippen molar-refractivity contribution in [3.63, 3.8) is 0 Å². The molecular formula is C18H19N5O3. The first-order valence-electron chi connectivity index (χ1n) is 8.25. The molecule has 1 amide bonds. The number of esters is 1. The molecule has 0 spiro atoms. The second-order valence-corrected chi connectivity index (χ2v) is 5.70. The number of rotatable bonds is 6. The van der Waals surface area contributed by atoms with Crippen molar-refractivity contribution in [1.82, 2.24) is 24.5 Å². The predicted octanol–water partition coefficient (Wildman–Crippen LogP) is 1.64. The third kappa shape index (κ3) is 3.85. The van der Waals surface area contributed by atoms with Gasteiger partial charge in [0.05, 0.1) is 0 Å². The van der Waals surface area contributed by atoms with Crippen molar-refractivity contribution >= 4 is 17.7 Å². The highest BCUT2D eigenvalue weighted by atomic mass is 16.5. The van der Waals surface area contributed by atoms with Crippen LogP contribution in [-0.4, -0.2) is 49.5 Å². The number of carbonyl (C=O) groups excluding carboxylic acids is 2. The summed E-state index contributed by atoms with van der Waals surface area (Å²) in [6, 6.07) is 11.4. The second-order valence-electron chi connectivity index (χ2n) is 5.70. The topological polar surface area (TPSA) is 89.7 Å². The second kappa shape index (κ2) is 7.73. The highest BCUT2D eigenvalue weighted by Crippen LogP contribution is 2.06. The van der Waals surface area contributed by atoms with Gasteiger partial charge < -0.3 is 9.64 Å². The van der Waals surface area contributed by atoms with Gasteiger partial charge in [-0.05, 0) is 25.5 Å². The molecule has 0 unspecified atom stereocenters. The molecule has 0 N–H and O–H groups in total. The van der Waals surface area contributed by atoms with Crippen LogP contribution in [0.2, 0.25) is 0 Å². The number of nitrogens with zero attached hydrogens (tertiary/aromatic N) is 5. The number of likely N-dealkylation sites (N-methyl/N-ethyl adjacent to an activating group) is 1. The summed E-state index contributed by atoms with van der Waals surface area (Å²) in [5.41, 5.74) is 1.80. The normalized spacial score (nSPS) is 10.7. The molecule has 26 heavy (non-hydrogen) atoms. The maximum absolute atomic E-state index is 12.3. The van der Waals surface area contributed by atoms with E-state index in [1.54, 1.807) is 17.2 Å². The molecule has 0 atom stereocenters. The first kappa shape index (κ1) is 17.5. The van der Waals surface area contributed by atoms with Crippen LogP contribution in [0.25, 0.3) is 5.78 Å². The monoisotopic (exact) mass is 353 g/mol. The van der Waals surface area contributed by atoms with Crippen molar-refractivity contribution < 1.29 is 14.3 Å². The van der Waals surface area contributed by atoms with Crippen LogP contribution in [0.1, 0.15) is 28.8 Å². The van der Waals surface area contributed by atoms with E-state index in [1.165, 1.54) is 4.52 Å². The zero-order valence-electron chi connectivity index (χ0n) is 14.6. The number of carbonyl (C=O) groups is 2. The minimum atomic E-state index is -0.751. The van der Waals surface area contributed by atoms with E-state index in [2.05, 4.69) is 15.1 Å². The highest BCUT2D eigenvalue weighted by Gasteiger charge is 2.19. The molecule has 0 aliphatic carbocycles. The average Bonchev–Trinajstić information content (AvgIpc) is 3.10. The number of benzene rings is 1. The lowest BCUT2D eigenvalue weighted by Crippen LogP contribution is -2.34. The summed E-state index contributed by atoms with van der Waals surface area (Å²) in [6.07, 6.45) is 1.58. The van der Waals surface area contributed by atoms with Crippen molar-refractivity contribution in [2.45, 2.75) is 20.4 Å². The van der Waals surface area contributed by atoms with Crippen molar-refractivity contribution in [2.24, 2.45) is 0 Å². The van der Waals surface area contributed by atoms with E-state index in [9.17, 15) is 9.59 Å². The quantitative estimate of drug-likeness (QED) is 0.626. The Labute approximate surface area is 150 Å². The van der Waals surface area contributed by atoms with Gasteiger partial charge in [-0.3, -0.25) is 4.79 Å². The van der Waals surface area contributed by atoms with Gasteiger partial charge in [-0.1, -0.05) is 30.3 Å². The number of ether oxygens (including phenoxy) is 1. The zero-order chi connectivity index (χ0) is 18.5. The van der Waals surface area contributed by atoms with Crippen LogP contribution in [0.5, 0.6) is 0 Å². The molecule has 3 aromatic rings. The van der Waals surface area contributed by atoms with Gasteiger partial charge in [0.15, 0.2) is 6.61 Å². The zero-order valence-corrected chi connectivity index (χ0v) is 14.6. The van der Waals surface area contributed by atoms with Crippen LogP contribution in [0.15, 0.2) is 42.6 Å². The molecule has 1 aromatic carbocycles. The van der Waals surface area contributed by atoms with E-state index < -0.39 is 5.97 Å². The Balaban J connectivity index is 1.62. The Hall–Kier alpha value is -3.29. The van der Waals surface area contributed by atoms with Gasteiger partial charge in [0.2, 0.25) is 0 Å². The van der Waals surface area contributed by atoms with Crippen molar-refractivity contribution in [1.29, 1.82) is 0 Å². The maximum Gasteiger partial charge on any atom is 0.378 e. The lowest BCUT2D eigenvalue weighted by molar-refractivity contribution is -0.135. The molecule has 0 aliphatic rings. The number of amides is 1. The molecule has 0 radical (unpaired) electrons. The largest absolute Gasteiger partial charge is 0.450 e. The standard InChI is InChI=1S/C18H19N5O3/c1-3-22(11-14-7-5-4-6-8-14)15(24)12-26-17(25)16-20-18-19-10-9-13(2)23(18)21-16/h4-10H,3,11-12H2,1-2H3. The van der Waals surface area contributed by atoms with Crippen LogP contribution in [0, 0.1) is 6.92 Å². The van der Waals surface area contributed by atoms with E-state index in [4.69, 9.17) is 4.74 Å². The van der Waals surface area contributed by atoms with Gasteiger partial charge in [-0.25, -0.2) is 14.3 Å². The van der Waals surface area contributed by atoms with Crippen molar-refractivity contribution in [2.75, 3.05) is 13.2 Å². The number of fused-ring (bicyclic) bond motifs is 1. The van der Waals surface area contributed by atoms with E-state index in [1.807, 2.05) is 44.2 Å².